The summed E-state index contributed by atoms with van der Waals surface area (Å²) in [7, 11) is 0. The maximum absolute atomic E-state index is 12.0. The highest BCUT2D eigenvalue weighted by molar-refractivity contribution is 5.92. The zero-order valence-corrected chi connectivity index (χ0v) is 15.1. The molecule has 0 atom stereocenters. The predicted molar refractivity (Wildman–Crippen MR) is 108 cm³/mol. The Morgan fingerprint density at radius 2 is 1.11 bits per heavy atom. The van der Waals surface area contributed by atoms with Gasteiger partial charge in [-0.05, 0) is 36.4 Å². The van der Waals surface area contributed by atoms with Crippen LogP contribution in [-0.2, 0) is 9.59 Å². The molecule has 0 spiro atoms. The summed E-state index contributed by atoms with van der Waals surface area (Å²) in [6.07, 6.45) is 0. The Labute approximate surface area is 163 Å². The number of amides is 2. The molecule has 0 aliphatic heterocycles. The first kappa shape index (κ1) is 19.0. The number of benzene rings is 3. The Bertz CT molecular complexity index is 914. The second-order valence-corrected chi connectivity index (χ2v) is 5.88. The number of hydrogen-bond donors (Lipinski definition) is 2. The molecule has 6 nitrogen and oxygen atoms in total. The highest BCUT2D eigenvalue weighted by atomic mass is 16.5. The molecular weight excluding hydrogens is 356 g/mol. The smallest absolute Gasteiger partial charge is 0.262 e. The average Bonchev–Trinajstić information content (AvgIpc) is 2.73. The Morgan fingerprint density at radius 1 is 0.607 bits per heavy atom. The fourth-order valence-corrected chi connectivity index (χ4v) is 2.39. The molecule has 142 valence electrons. The molecule has 0 unspecified atom stereocenters. The molecule has 3 aromatic rings. The van der Waals surface area contributed by atoms with Gasteiger partial charge in [-0.1, -0.05) is 42.5 Å². The zero-order chi connectivity index (χ0) is 19.6. The fraction of sp³-hybridized carbons (Fsp3) is 0.0909. The van der Waals surface area contributed by atoms with Crippen LogP contribution in [0.25, 0.3) is 0 Å². The largest absolute Gasteiger partial charge is 0.484 e. The summed E-state index contributed by atoms with van der Waals surface area (Å²) in [6, 6.07) is 25.1. The van der Waals surface area contributed by atoms with Crippen LogP contribution in [0.5, 0.6) is 11.5 Å². The van der Waals surface area contributed by atoms with Crippen molar-refractivity contribution in [1.29, 1.82) is 0 Å². The van der Waals surface area contributed by atoms with Crippen molar-refractivity contribution < 1.29 is 19.1 Å². The normalized spacial score (nSPS) is 10.0. The molecule has 3 aromatic carbocycles. The summed E-state index contributed by atoms with van der Waals surface area (Å²) in [6.45, 7) is -0.238. The van der Waals surface area contributed by atoms with Gasteiger partial charge in [0.1, 0.15) is 11.5 Å². The summed E-state index contributed by atoms with van der Waals surface area (Å²) < 4.78 is 10.9. The molecule has 0 saturated heterocycles. The first-order valence-corrected chi connectivity index (χ1v) is 8.74. The standard InChI is InChI=1S/C22H20N2O4/c25-21(23-17-8-3-1-4-9-17)16-28-20-13-7-10-18(14-20)24-22(26)15-27-19-11-5-2-6-12-19/h1-14H,15-16H2,(H,23,25)(H,24,26). The summed E-state index contributed by atoms with van der Waals surface area (Å²) in [5.74, 6) is 0.545. The third-order valence-corrected chi connectivity index (χ3v) is 3.66. The number of hydrogen-bond acceptors (Lipinski definition) is 4. The molecule has 0 saturated carbocycles. The van der Waals surface area contributed by atoms with Gasteiger partial charge in [-0.3, -0.25) is 9.59 Å². The summed E-state index contributed by atoms with van der Waals surface area (Å²) in [5.41, 5.74) is 1.26. The number of nitrogens with one attached hydrogen (secondary N) is 2. The Hall–Kier alpha value is -3.80. The molecule has 0 radical (unpaired) electrons. The van der Waals surface area contributed by atoms with Gasteiger partial charge in [-0.15, -0.1) is 0 Å². The quantitative estimate of drug-likeness (QED) is 0.628. The van der Waals surface area contributed by atoms with E-state index in [0.717, 1.165) is 0 Å². The van der Waals surface area contributed by atoms with Gasteiger partial charge >= 0.3 is 0 Å². The van der Waals surface area contributed by atoms with E-state index in [1.165, 1.54) is 0 Å². The first-order chi connectivity index (χ1) is 13.7. The lowest BCUT2D eigenvalue weighted by Crippen LogP contribution is -2.21. The maximum atomic E-state index is 12.0. The minimum atomic E-state index is -0.289. The van der Waals surface area contributed by atoms with E-state index in [9.17, 15) is 9.59 Å². The molecule has 0 fully saturated rings. The van der Waals surface area contributed by atoms with Crippen LogP contribution >= 0.6 is 0 Å². The number of ether oxygens (including phenoxy) is 2. The molecule has 0 heterocycles. The molecule has 2 amide bonds. The number of anilines is 2. The molecule has 0 aliphatic carbocycles. The van der Waals surface area contributed by atoms with Crippen LogP contribution in [-0.4, -0.2) is 25.0 Å². The van der Waals surface area contributed by atoms with Crippen molar-refractivity contribution in [1.82, 2.24) is 0 Å². The van der Waals surface area contributed by atoms with Crippen molar-refractivity contribution in [2.24, 2.45) is 0 Å². The predicted octanol–water partition coefficient (Wildman–Crippen LogP) is 3.72. The van der Waals surface area contributed by atoms with Crippen LogP contribution < -0.4 is 20.1 Å². The number of carbonyl (C=O) groups excluding carboxylic acids is 2. The zero-order valence-electron chi connectivity index (χ0n) is 15.1. The van der Waals surface area contributed by atoms with E-state index in [4.69, 9.17) is 9.47 Å². The van der Waals surface area contributed by atoms with Gasteiger partial charge in [0.05, 0.1) is 0 Å². The van der Waals surface area contributed by atoms with Gasteiger partial charge in [0.25, 0.3) is 11.8 Å². The second-order valence-electron chi connectivity index (χ2n) is 5.88. The monoisotopic (exact) mass is 376 g/mol. The van der Waals surface area contributed by atoms with Crippen molar-refractivity contribution in [3.63, 3.8) is 0 Å². The van der Waals surface area contributed by atoms with E-state index in [0.29, 0.717) is 22.9 Å². The highest BCUT2D eigenvalue weighted by Gasteiger charge is 2.07. The minimum Gasteiger partial charge on any atom is -0.484 e. The van der Waals surface area contributed by atoms with Crippen molar-refractivity contribution in [2.45, 2.75) is 0 Å². The summed E-state index contributed by atoms with van der Waals surface area (Å²) >= 11 is 0. The molecule has 2 N–H and O–H groups in total. The van der Waals surface area contributed by atoms with Crippen LogP contribution in [0.15, 0.2) is 84.9 Å². The van der Waals surface area contributed by atoms with E-state index in [2.05, 4.69) is 10.6 Å². The van der Waals surface area contributed by atoms with Gasteiger partial charge in [-0.2, -0.15) is 0 Å². The average molecular weight is 376 g/mol. The Balaban J connectivity index is 1.46. The topological polar surface area (TPSA) is 76.7 Å². The van der Waals surface area contributed by atoms with E-state index < -0.39 is 0 Å². The number of carbonyl (C=O) groups is 2. The van der Waals surface area contributed by atoms with Gasteiger partial charge in [-0.25, -0.2) is 0 Å². The van der Waals surface area contributed by atoms with Crippen molar-refractivity contribution in [2.75, 3.05) is 23.8 Å². The van der Waals surface area contributed by atoms with Crippen LogP contribution in [0.3, 0.4) is 0 Å². The molecule has 28 heavy (non-hydrogen) atoms. The van der Waals surface area contributed by atoms with Crippen molar-refractivity contribution >= 4 is 23.2 Å². The van der Waals surface area contributed by atoms with E-state index in [1.54, 1.807) is 48.5 Å². The van der Waals surface area contributed by atoms with Crippen molar-refractivity contribution in [3.05, 3.63) is 84.9 Å². The molecule has 0 aromatic heterocycles. The molecule has 3 rings (SSSR count). The third-order valence-electron chi connectivity index (χ3n) is 3.66. The van der Waals surface area contributed by atoms with Crippen LogP contribution in [0.2, 0.25) is 0 Å². The van der Waals surface area contributed by atoms with Gasteiger partial charge in [0, 0.05) is 17.4 Å². The van der Waals surface area contributed by atoms with Crippen molar-refractivity contribution in [3.8, 4) is 11.5 Å². The van der Waals surface area contributed by atoms with Crippen LogP contribution in [0.4, 0.5) is 11.4 Å². The molecule has 0 aliphatic rings. The SMILES string of the molecule is O=C(COc1ccccc1)Nc1cccc(OCC(=O)Nc2ccccc2)c1. The lowest BCUT2D eigenvalue weighted by atomic mass is 10.3. The maximum Gasteiger partial charge on any atom is 0.262 e. The van der Waals surface area contributed by atoms with E-state index in [-0.39, 0.29) is 25.0 Å². The molecular formula is C22H20N2O4. The molecule has 0 bridgehead atoms. The van der Waals surface area contributed by atoms with Gasteiger partial charge in [0.15, 0.2) is 13.2 Å². The second kappa shape index (κ2) is 9.78. The Kier molecular flexibility index (Phi) is 6.62. The molecule has 6 heteroatoms. The summed E-state index contributed by atoms with van der Waals surface area (Å²) in [4.78, 5) is 24.0. The van der Waals surface area contributed by atoms with E-state index in [1.807, 2.05) is 36.4 Å². The first-order valence-electron chi connectivity index (χ1n) is 8.74. The minimum absolute atomic E-state index is 0.103. The lowest BCUT2D eigenvalue weighted by molar-refractivity contribution is -0.118. The van der Waals surface area contributed by atoms with Crippen LogP contribution in [0.1, 0.15) is 0 Å². The lowest BCUT2D eigenvalue weighted by Gasteiger charge is -2.10. The highest BCUT2D eigenvalue weighted by Crippen LogP contribution is 2.17. The van der Waals surface area contributed by atoms with Crippen LogP contribution in [0, 0.1) is 0 Å². The van der Waals surface area contributed by atoms with E-state index >= 15 is 0 Å². The Morgan fingerprint density at radius 3 is 1.79 bits per heavy atom. The number of rotatable bonds is 8. The summed E-state index contributed by atoms with van der Waals surface area (Å²) in [5, 5.41) is 5.48. The fourth-order valence-electron chi connectivity index (χ4n) is 2.39. The third kappa shape index (κ3) is 6.17. The van der Waals surface area contributed by atoms with Gasteiger partial charge in [0.2, 0.25) is 0 Å². The number of para-hydroxylation sites is 2. The van der Waals surface area contributed by atoms with Gasteiger partial charge < -0.3 is 20.1 Å².